The highest BCUT2D eigenvalue weighted by atomic mass is 35.5. The van der Waals surface area contributed by atoms with Gasteiger partial charge in [0.25, 0.3) is 0 Å². The zero-order valence-corrected chi connectivity index (χ0v) is 11.0. The molecule has 1 atom stereocenters. The number of hydrogen-bond acceptors (Lipinski definition) is 3. The molecular formula is C11H19ClN4O. The molecule has 0 bridgehead atoms. The summed E-state index contributed by atoms with van der Waals surface area (Å²) < 4.78 is 1.81. The van der Waals surface area contributed by atoms with E-state index in [4.69, 9.17) is 0 Å². The summed E-state index contributed by atoms with van der Waals surface area (Å²) in [5, 5.41) is 10.3. The van der Waals surface area contributed by atoms with Crippen LogP contribution in [0, 0.1) is 6.92 Å². The lowest BCUT2D eigenvalue weighted by molar-refractivity contribution is -0.122. The molecule has 1 amide bonds. The number of halogens is 1. The van der Waals surface area contributed by atoms with Gasteiger partial charge in [0.2, 0.25) is 5.91 Å². The monoisotopic (exact) mass is 258 g/mol. The summed E-state index contributed by atoms with van der Waals surface area (Å²) in [6, 6.07) is -0.00280. The number of nitrogens with zero attached hydrogens (tertiary/aromatic N) is 2. The zero-order valence-electron chi connectivity index (χ0n) is 10.2. The Morgan fingerprint density at radius 1 is 1.71 bits per heavy atom. The van der Waals surface area contributed by atoms with Crippen LogP contribution in [0.4, 0.5) is 0 Å². The second-order valence-electron chi connectivity index (χ2n) is 4.25. The summed E-state index contributed by atoms with van der Waals surface area (Å²) in [6.45, 7) is 3.52. The maximum atomic E-state index is 11.7. The largest absolute Gasteiger partial charge is 0.351 e. The molecule has 1 aromatic rings. The first kappa shape index (κ1) is 14.0. The number of aryl methyl sites for hydroxylation is 1. The first-order chi connectivity index (χ1) is 7.68. The Morgan fingerprint density at radius 2 is 2.47 bits per heavy atom. The van der Waals surface area contributed by atoms with Crippen molar-refractivity contribution in [1.82, 2.24) is 20.4 Å². The summed E-state index contributed by atoms with van der Waals surface area (Å²) in [5.41, 5.74) is 2.17. The van der Waals surface area contributed by atoms with E-state index in [1.54, 1.807) is 6.20 Å². The van der Waals surface area contributed by atoms with Gasteiger partial charge in [-0.25, -0.2) is 0 Å². The van der Waals surface area contributed by atoms with Gasteiger partial charge in [0.15, 0.2) is 0 Å². The van der Waals surface area contributed by atoms with Crippen LogP contribution >= 0.6 is 12.4 Å². The molecule has 17 heavy (non-hydrogen) atoms. The van der Waals surface area contributed by atoms with Crippen LogP contribution in [-0.4, -0.2) is 28.3 Å². The summed E-state index contributed by atoms with van der Waals surface area (Å²) in [7, 11) is 1.90. The summed E-state index contributed by atoms with van der Waals surface area (Å²) in [4.78, 5) is 11.7. The lowest BCUT2D eigenvalue weighted by Crippen LogP contribution is -2.40. The predicted octanol–water partition coefficient (Wildman–Crippen LogP) is 0.519. The normalized spacial score (nSPS) is 18.8. The molecular weight excluding hydrogens is 240 g/mol. The third-order valence-electron chi connectivity index (χ3n) is 3.17. The number of nitrogens with one attached hydrogen (secondary N) is 2. The second kappa shape index (κ2) is 6.02. The molecule has 0 aromatic carbocycles. The molecule has 2 heterocycles. The fraction of sp³-hybridized carbons (Fsp3) is 0.636. The van der Waals surface area contributed by atoms with E-state index >= 15 is 0 Å². The molecule has 1 aromatic heterocycles. The number of rotatable bonds is 3. The molecule has 1 saturated heterocycles. The van der Waals surface area contributed by atoms with Crippen molar-refractivity contribution in [3.05, 3.63) is 17.5 Å². The van der Waals surface area contributed by atoms with E-state index in [1.807, 2.05) is 18.7 Å². The van der Waals surface area contributed by atoms with Crippen LogP contribution in [0.2, 0.25) is 0 Å². The predicted molar refractivity (Wildman–Crippen MR) is 68.1 cm³/mol. The zero-order chi connectivity index (χ0) is 11.5. The Morgan fingerprint density at radius 3 is 3.00 bits per heavy atom. The quantitative estimate of drug-likeness (QED) is 0.831. The molecule has 0 saturated carbocycles. The van der Waals surface area contributed by atoms with Gasteiger partial charge in [-0.3, -0.25) is 9.48 Å². The van der Waals surface area contributed by atoms with E-state index in [0.717, 1.165) is 30.6 Å². The van der Waals surface area contributed by atoms with Crippen LogP contribution in [0.1, 0.15) is 24.1 Å². The maximum Gasteiger partial charge on any atom is 0.237 e. The van der Waals surface area contributed by atoms with Crippen molar-refractivity contribution in [3.8, 4) is 0 Å². The van der Waals surface area contributed by atoms with Crippen LogP contribution < -0.4 is 10.6 Å². The second-order valence-corrected chi connectivity index (χ2v) is 4.25. The molecule has 1 aliphatic rings. The number of carbonyl (C=O) groups is 1. The van der Waals surface area contributed by atoms with Gasteiger partial charge in [0, 0.05) is 24.8 Å². The molecule has 1 unspecified atom stereocenters. The molecule has 1 fully saturated rings. The maximum absolute atomic E-state index is 11.7. The summed E-state index contributed by atoms with van der Waals surface area (Å²) >= 11 is 0. The van der Waals surface area contributed by atoms with E-state index in [9.17, 15) is 4.79 Å². The minimum Gasteiger partial charge on any atom is -0.351 e. The van der Waals surface area contributed by atoms with E-state index < -0.39 is 0 Å². The summed E-state index contributed by atoms with van der Waals surface area (Å²) in [5.74, 6) is 0.0979. The van der Waals surface area contributed by atoms with Crippen molar-refractivity contribution < 1.29 is 4.79 Å². The Bertz CT molecular complexity index is 385. The van der Waals surface area contributed by atoms with Crippen molar-refractivity contribution in [2.75, 3.05) is 6.54 Å². The van der Waals surface area contributed by atoms with Gasteiger partial charge in [-0.15, -0.1) is 12.4 Å². The Labute approximate surface area is 107 Å². The first-order valence-corrected chi connectivity index (χ1v) is 5.67. The highest BCUT2D eigenvalue weighted by Gasteiger charge is 2.21. The van der Waals surface area contributed by atoms with Crippen LogP contribution in [0.5, 0.6) is 0 Å². The molecule has 96 valence electrons. The van der Waals surface area contributed by atoms with E-state index in [0.29, 0.717) is 6.54 Å². The van der Waals surface area contributed by atoms with E-state index in [-0.39, 0.29) is 24.4 Å². The lowest BCUT2D eigenvalue weighted by Gasteiger charge is -2.10. The van der Waals surface area contributed by atoms with Crippen LogP contribution in [0.15, 0.2) is 6.20 Å². The Hall–Kier alpha value is -1.07. The molecule has 0 radical (unpaired) electrons. The molecule has 2 rings (SSSR count). The van der Waals surface area contributed by atoms with Crippen molar-refractivity contribution in [2.24, 2.45) is 7.05 Å². The Kier molecular flexibility index (Phi) is 4.96. The van der Waals surface area contributed by atoms with Gasteiger partial charge in [-0.2, -0.15) is 5.10 Å². The average Bonchev–Trinajstić information content (AvgIpc) is 2.89. The van der Waals surface area contributed by atoms with Crippen molar-refractivity contribution in [1.29, 1.82) is 0 Å². The molecule has 1 aliphatic heterocycles. The van der Waals surface area contributed by atoms with Gasteiger partial charge in [-0.05, 0) is 26.3 Å². The van der Waals surface area contributed by atoms with Crippen molar-refractivity contribution >= 4 is 18.3 Å². The summed E-state index contributed by atoms with van der Waals surface area (Å²) in [6.07, 6.45) is 3.83. The van der Waals surface area contributed by atoms with Gasteiger partial charge in [0.1, 0.15) is 0 Å². The molecule has 6 heteroatoms. The fourth-order valence-electron chi connectivity index (χ4n) is 1.93. The number of carbonyl (C=O) groups excluding carboxylic acids is 1. The highest BCUT2D eigenvalue weighted by Crippen LogP contribution is 2.07. The van der Waals surface area contributed by atoms with Crippen LogP contribution in [-0.2, 0) is 18.4 Å². The minimum atomic E-state index is -0.00280. The number of aromatic nitrogens is 2. The Balaban J connectivity index is 0.00000144. The lowest BCUT2D eigenvalue weighted by atomic mass is 10.2. The number of amides is 1. The average molecular weight is 259 g/mol. The van der Waals surface area contributed by atoms with Crippen molar-refractivity contribution in [2.45, 2.75) is 32.4 Å². The van der Waals surface area contributed by atoms with Crippen LogP contribution in [0.3, 0.4) is 0 Å². The van der Waals surface area contributed by atoms with Gasteiger partial charge >= 0.3 is 0 Å². The molecule has 0 spiro atoms. The third-order valence-corrected chi connectivity index (χ3v) is 3.17. The third kappa shape index (κ3) is 3.20. The van der Waals surface area contributed by atoms with E-state index in [1.165, 1.54) is 0 Å². The van der Waals surface area contributed by atoms with Crippen LogP contribution in [0.25, 0.3) is 0 Å². The SMILES string of the molecule is Cc1c(CNC(=O)C2CCCN2)cnn1C.Cl. The first-order valence-electron chi connectivity index (χ1n) is 5.67. The molecule has 2 N–H and O–H groups in total. The number of hydrogen-bond donors (Lipinski definition) is 2. The highest BCUT2D eigenvalue weighted by molar-refractivity contribution is 5.85. The standard InChI is InChI=1S/C11H18N4O.ClH/c1-8-9(7-14-15(8)2)6-13-11(16)10-4-3-5-12-10;/h7,10,12H,3-6H2,1-2H3,(H,13,16);1H. The van der Waals surface area contributed by atoms with Gasteiger partial charge in [0.05, 0.1) is 12.2 Å². The topological polar surface area (TPSA) is 59.0 Å². The minimum absolute atomic E-state index is 0. The van der Waals surface area contributed by atoms with E-state index in [2.05, 4.69) is 15.7 Å². The molecule has 0 aliphatic carbocycles. The van der Waals surface area contributed by atoms with Gasteiger partial charge in [-0.1, -0.05) is 0 Å². The van der Waals surface area contributed by atoms with Gasteiger partial charge < -0.3 is 10.6 Å². The molecule has 5 nitrogen and oxygen atoms in total. The fourth-order valence-corrected chi connectivity index (χ4v) is 1.93. The van der Waals surface area contributed by atoms with Crippen molar-refractivity contribution in [3.63, 3.8) is 0 Å². The smallest absolute Gasteiger partial charge is 0.237 e.